The number of aliphatic hydroxyl groups excluding tert-OH is 1. The average molecular weight is 258 g/mol. The van der Waals surface area contributed by atoms with Crippen molar-refractivity contribution in [2.75, 3.05) is 18.2 Å². The SMILES string of the molecule is CC(C)C(CO)NS(=O)(=O)CCCCCl. The maximum absolute atomic E-state index is 11.5. The molecule has 0 radical (unpaired) electrons. The zero-order valence-corrected chi connectivity index (χ0v) is 10.8. The van der Waals surface area contributed by atoms with Crippen molar-refractivity contribution in [3.05, 3.63) is 0 Å². The standard InChI is InChI=1S/C9H20ClNO3S/c1-8(2)9(7-12)11-15(13,14)6-4-3-5-10/h8-9,11-12H,3-7H2,1-2H3. The number of rotatable bonds is 8. The maximum atomic E-state index is 11.5. The van der Waals surface area contributed by atoms with Gasteiger partial charge in [0.25, 0.3) is 0 Å². The molecule has 0 aromatic rings. The number of aliphatic hydroxyl groups is 1. The van der Waals surface area contributed by atoms with Crippen molar-refractivity contribution in [3.63, 3.8) is 0 Å². The van der Waals surface area contributed by atoms with E-state index in [-0.39, 0.29) is 18.3 Å². The molecule has 0 saturated carbocycles. The first-order valence-electron chi connectivity index (χ1n) is 5.09. The van der Waals surface area contributed by atoms with E-state index in [9.17, 15) is 8.42 Å². The van der Waals surface area contributed by atoms with Crippen LogP contribution in [-0.4, -0.2) is 37.8 Å². The summed E-state index contributed by atoms with van der Waals surface area (Å²) >= 11 is 5.46. The Morgan fingerprint density at radius 1 is 1.33 bits per heavy atom. The minimum atomic E-state index is -3.28. The van der Waals surface area contributed by atoms with Crippen molar-refractivity contribution in [2.24, 2.45) is 5.92 Å². The van der Waals surface area contributed by atoms with E-state index in [1.807, 2.05) is 13.8 Å². The van der Waals surface area contributed by atoms with Crippen LogP contribution in [0.5, 0.6) is 0 Å². The molecule has 0 amide bonds. The molecule has 2 N–H and O–H groups in total. The van der Waals surface area contributed by atoms with Gasteiger partial charge in [-0.2, -0.15) is 0 Å². The quantitative estimate of drug-likeness (QED) is 0.502. The topological polar surface area (TPSA) is 66.4 Å². The molecule has 15 heavy (non-hydrogen) atoms. The predicted molar refractivity (Wildman–Crippen MR) is 62.6 cm³/mol. The molecule has 1 atom stereocenters. The van der Waals surface area contributed by atoms with E-state index in [0.29, 0.717) is 18.7 Å². The highest BCUT2D eigenvalue weighted by molar-refractivity contribution is 7.89. The van der Waals surface area contributed by atoms with Gasteiger partial charge in [0.15, 0.2) is 0 Å². The fourth-order valence-electron chi connectivity index (χ4n) is 1.06. The molecule has 0 aromatic carbocycles. The molecule has 92 valence electrons. The summed E-state index contributed by atoms with van der Waals surface area (Å²) in [6.07, 6.45) is 1.24. The zero-order valence-electron chi connectivity index (χ0n) is 9.24. The zero-order chi connectivity index (χ0) is 11.9. The third-order valence-corrected chi connectivity index (χ3v) is 3.88. The molecule has 0 spiro atoms. The highest BCUT2D eigenvalue weighted by atomic mass is 35.5. The predicted octanol–water partition coefficient (Wildman–Crippen LogP) is 0.942. The number of nitrogens with one attached hydrogen (secondary N) is 1. The van der Waals surface area contributed by atoms with E-state index in [4.69, 9.17) is 16.7 Å². The monoisotopic (exact) mass is 257 g/mol. The number of halogens is 1. The molecule has 0 fully saturated rings. The average Bonchev–Trinajstić information content (AvgIpc) is 2.14. The molecule has 0 rings (SSSR count). The molecular formula is C9H20ClNO3S. The Kier molecular flexibility index (Phi) is 7.52. The van der Waals surface area contributed by atoms with Crippen LogP contribution in [0.25, 0.3) is 0 Å². The van der Waals surface area contributed by atoms with Crippen LogP contribution in [0, 0.1) is 5.92 Å². The number of alkyl halides is 1. The first kappa shape index (κ1) is 15.2. The molecule has 0 aliphatic carbocycles. The van der Waals surface area contributed by atoms with Crippen LogP contribution in [0.2, 0.25) is 0 Å². The first-order valence-corrected chi connectivity index (χ1v) is 7.28. The third-order valence-electron chi connectivity index (χ3n) is 2.13. The number of sulfonamides is 1. The molecule has 0 aliphatic heterocycles. The van der Waals surface area contributed by atoms with Crippen LogP contribution in [-0.2, 0) is 10.0 Å². The summed E-state index contributed by atoms with van der Waals surface area (Å²) in [4.78, 5) is 0. The van der Waals surface area contributed by atoms with Gasteiger partial charge in [-0.1, -0.05) is 13.8 Å². The summed E-state index contributed by atoms with van der Waals surface area (Å²) in [5.41, 5.74) is 0. The summed E-state index contributed by atoms with van der Waals surface area (Å²) in [5.74, 6) is 0.629. The van der Waals surface area contributed by atoms with Gasteiger partial charge in [0.1, 0.15) is 0 Å². The van der Waals surface area contributed by atoms with Crippen LogP contribution in [0.15, 0.2) is 0 Å². The van der Waals surface area contributed by atoms with Gasteiger partial charge in [0, 0.05) is 11.9 Å². The van der Waals surface area contributed by atoms with Crippen molar-refractivity contribution < 1.29 is 13.5 Å². The Balaban J connectivity index is 4.11. The summed E-state index contributed by atoms with van der Waals surface area (Å²) in [6, 6.07) is -0.397. The minimum absolute atomic E-state index is 0.0724. The molecule has 0 heterocycles. The summed E-state index contributed by atoms with van der Waals surface area (Å²) in [5, 5.41) is 8.98. The number of unbranched alkanes of at least 4 members (excludes halogenated alkanes) is 1. The third kappa shape index (κ3) is 7.11. The summed E-state index contributed by atoms with van der Waals surface area (Å²) in [6.45, 7) is 3.55. The largest absolute Gasteiger partial charge is 0.395 e. The molecule has 6 heteroatoms. The van der Waals surface area contributed by atoms with Crippen molar-refractivity contribution in [2.45, 2.75) is 32.7 Å². The first-order chi connectivity index (χ1) is 6.93. The lowest BCUT2D eigenvalue weighted by molar-refractivity contribution is 0.227. The number of hydrogen-bond donors (Lipinski definition) is 2. The molecule has 0 aliphatic rings. The highest BCUT2D eigenvalue weighted by Crippen LogP contribution is 2.04. The van der Waals surface area contributed by atoms with Gasteiger partial charge in [-0.05, 0) is 18.8 Å². The Bertz CT molecular complexity index is 254. The van der Waals surface area contributed by atoms with Gasteiger partial charge >= 0.3 is 0 Å². The van der Waals surface area contributed by atoms with Crippen LogP contribution in [0.3, 0.4) is 0 Å². The minimum Gasteiger partial charge on any atom is -0.395 e. The second-order valence-corrected chi connectivity index (χ2v) is 6.12. The Labute approximate surface area is 97.1 Å². The Hall–Kier alpha value is 0.160. The van der Waals surface area contributed by atoms with Crippen molar-refractivity contribution in [3.8, 4) is 0 Å². The van der Waals surface area contributed by atoms with Gasteiger partial charge in [0.2, 0.25) is 10.0 Å². The normalized spacial score (nSPS) is 14.5. The second kappa shape index (κ2) is 7.44. The summed E-state index contributed by atoms with van der Waals surface area (Å²) in [7, 11) is -3.28. The Morgan fingerprint density at radius 2 is 1.93 bits per heavy atom. The molecule has 0 saturated heterocycles. The van der Waals surface area contributed by atoms with E-state index in [1.54, 1.807) is 0 Å². The van der Waals surface area contributed by atoms with E-state index in [1.165, 1.54) is 0 Å². The smallest absolute Gasteiger partial charge is 0.211 e. The Morgan fingerprint density at radius 3 is 2.33 bits per heavy atom. The van der Waals surface area contributed by atoms with Gasteiger partial charge < -0.3 is 5.11 Å². The fourth-order valence-corrected chi connectivity index (χ4v) is 2.76. The fraction of sp³-hybridized carbons (Fsp3) is 1.00. The van der Waals surface area contributed by atoms with Crippen LogP contribution >= 0.6 is 11.6 Å². The molecular weight excluding hydrogens is 238 g/mol. The van der Waals surface area contributed by atoms with Crippen LogP contribution < -0.4 is 4.72 Å². The lowest BCUT2D eigenvalue weighted by Gasteiger charge is -2.19. The molecule has 0 bridgehead atoms. The van der Waals surface area contributed by atoms with Crippen LogP contribution in [0.4, 0.5) is 0 Å². The van der Waals surface area contributed by atoms with E-state index in [0.717, 1.165) is 0 Å². The molecule has 0 aromatic heterocycles. The molecule has 1 unspecified atom stereocenters. The van der Waals surface area contributed by atoms with Crippen molar-refractivity contribution in [1.82, 2.24) is 4.72 Å². The van der Waals surface area contributed by atoms with Gasteiger partial charge in [-0.3, -0.25) is 0 Å². The molecule has 4 nitrogen and oxygen atoms in total. The maximum Gasteiger partial charge on any atom is 0.211 e. The van der Waals surface area contributed by atoms with Gasteiger partial charge in [-0.15, -0.1) is 11.6 Å². The van der Waals surface area contributed by atoms with E-state index < -0.39 is 16.1 Å². The van der Waals surface area contributed by atoms with Crippen LogP contribution in [0.1, 0.15) is 26.7 Å². The lowest BCUT2D eigenvalue weighted by Crippen LogP contribution is -2.42. The highest BCUT2D eigenvalue weighted by Gasteiger charge is 2.19. The van der Waals surface area contributed by atoms with Gasteiger partial charge in [-0.25, -0.2) is 13.1 Å². The van der Waals surface area contributed by atoms with Crippen molar-refractivity contribution >= 4 is 21.6 Å². The van der Waals surface area contributed by atoms with Gasteiger partial charge in [0.05, 0.1) is 12.4 Å². The number of hydrogen-bond acceptors (Lipinski definition) is 3. The van der Waals surface area contributed by atoms with Crippen molar-refractivity contribution in [1.29, 1.82) is 0 Å². The van der Waals surface area contributed by atoms with E-state index in [2.05, 4.69) is 4.72 Å². The second-order valence-electron chi connectivity index (χ2n) is 3.87. The summed E-state index contributed by atoms with van der Waals surface area (Å²) < 4.78 is 25.5. The van der Waals surface area contributed by atoms with E-state index >= 15 is 0 Å². The lowest BCUT2D eigenvalue weighted by atomic mass is 10.1.